The summed E-state index contributed by atoms with van der Waals surface area (Å²) in [5.74, 6) is -1.55. The summed E-state index contributed by atoms with van der Waals surface area (Å²) in [7, 11) is 1.51. The summed E-state index contributed by atoms with van der Waals surface area (Å²) < 4.78 is 1.21. The van der Waals surface area contributed by atoms with Crippen LogP contribution in [0, 0.1) is 6.92 Å². The standard InChI is InChI=1S/C15H14N2O4/c1-9-6-7-17(14(19)12(9)15(20)21)11-5-3-4-10(8-11)13(18)16-2/h3-8H,1-2H3,(H,16,18)(H,20,21). The fraction of sp³-hybridized carbons (Fsp3) is 0.133. The lowest BCUT2D eigenvalue weighted by Crippen LogP contribution is -2.26. The number of aromatic nitrogens is 1. The van der Waals surface area contributed by atoms with Crippen LogP contribution in [0.3, 0.4) is 0 Å². The Balaban J connectivity index is 2.63. The number of aromatic carboxylic acids is 1. The molecule has 2 aromatic rings. The van der Waals surface area contributed by atoms with Gasteiger partial charge in [0.15, 0.2) is 0 Å². The van der Waals surface area contributed by atoms with E-state index in [1.807, 2.05) is 0 Å². The Morgan fingerprint density at radius 1 is 1.24 bits per heavy atom. The van der Waals surface area contributed by atoms with Crippen molar-refractivity contribution in [2.24, 2.45) is 0 Å². The van der Waals surface area contributed by atoms with Crippen molar-refractivity contribution < 1.29 is 14.7 Å². The summed E-state index contributed by atoms with van der Waals surface area (Å²) in [6.07, 6.45) is 1.49. The summed E-state index contributed by atoms with van der Waals surface area (Å²) in [5, 5.41) is 11.6. The third kappa shape index (κ3) is 2.69. The number of carbonyl (C=O) groups is 2. The quantitative estimate of drug-likeness (QED) is 0.887. The van der Waals surface area contributed by atoms with Crippen molar-refractivity contribution in [1.82, 2.24) is 9.88 Å². The van der Waals surface area contributed by atoms with Gasteiger partial charge in [-0.05, 0) is 36.8 Å². The molecule has 6 nitrogen and oxygen atoms in total. The molecule has 1 aromatic heterocycles. The predicted octanol–water partition coefficient (Wildman–Crippen LogP) is 1.20. The number of amides is 1. The number of hydrogen-bond donors (Lipinski definition) is 2. The highest BCUT2D eigenvalue weighted by Crippen LogP contribution is 2.11. The van der Waals surface area contributed by atoms with Crippen LogP contribution in [-0.4, -0.2) is 28.6 Å². The third-order valence-corrected chi connectivity index (χ3v) is 3.13. The smallest absolute Gasteiger partial charge is 0.341 e. The number of nitrogens with one attached hydrogen (secondary N) is 1. The average molecular weight is 286 g/mol. The van der Waals surface area contributed by atoms with E-state index in [9.17, 15) is 14.4 Å². The minimum Gasteiger partial charge on any atom is -0.477 e. The Hall–Kier alpha value is -2.89. The lowest BCUT2D eigenvalue weighted by Gasteiger charge is -2.09. The van der Waals surface area contributed by atoms with Gasteiger partial charge >= 0.3 is 5.97 Å². The van der Waals surface area contributed by atoms with Crippen LogP contribution in [0.15, 0.2) is 41.3 Å². The maximum Gasteiger partial charge on any atom is 0.341 e. The zero-order chi connectivity index (χ0) is 15.6. The molecule has 108 valence electrons. The molecule has 0 spiro atoms. The largest absolute Gasteiger partial charge is 0.477 e. The van der Waals surface area contributed by atoms with E-state index in [0.717, 1.165) is 0 Å². The Morgan fingerprint density at radius 3 is 2.57 bits per heavy atom. The molecule has 0 aliphatic carbocycles. The van der Waals surface area contributed by atoms with E-state index in [-0.39, 0.29) is 11.5 Å². The SMILES string of the molecule is CNC(=O)c1cccc(-n2ccc(C)c(C(=O)O)c2=O)c1. The van der Waals surface area contributed by atoms with Crippen LogP contribution in [0.25, 0.3) is 5.69 Å². The van der Waals surface area contributed by atoms with Crippen molar-refractivity contribution in [3.63, 3.8) is 0 Å². The molecule has 0 fully saturated rings. The van der Waals surface area contributed by atoms with E-state index in [0.29, 0.717) is 16.8 Å². The van der Waals surface area contributed by atoms with Crippen molar-refractivity contribution >= 4 is 11.9 Å². The van der Waals surface area contributed by atoms with E-state index in [2.05, 4.69) is 5.32 Å². The summed E-state index contributed by atoms with van der Waals surface area (Å²) in [4.78, 5) is 35.1. The number of nitrogens with zero attached hydrogens (tertiary/aromatic N) is 1. The first-order valence-corrected chi connectivity index (χ1v) is 6.23. The number of carboxylic acids is 1. The van der Waals surface area contributed by atoms with Gasteiger partial charge in [0.1, 0.15) is 5.56 Å². The predicted molar refractivity (Wildman–Crippen MR) is 77.1 cm³/mol. The van der Waals surface area contributed by atoms with E-state index in [1.54, 1.807) is 31.2 Å². The lowest BCUT2D eigenvalue weighted by atomic mass is 10.1. The molecular formula is C15H14N2O4. The van der Waals surface area contributed by atoms with Gasteiger partial charge in [0.2, 0.25) is 0 Å². The number of hydrogen-bond acceptors (Lipinski definition) is 3. The average Bonchev–Trinajstić information content (AvgIpc) is 2.46. The fourth-order valence-electron chi connectivity index (χ4n) is 2.03. The van der Waals surface area contributed by atoms with Gasteiger partial charge in [-0.2, -0.15) is 0 Å². The highest BCUT2D eigenvalue weighted by molar-refractivity contribution is 5.94. The summed E-state index contributed by atoms with van der Waals surface area (Å²) in [6.45, 7) is 1.57. The molecule has 6 heteroatoms. The Morgan fingerprint density at radius 2 is 1.95 bits per heavy atom. The Labute approximate surface area is 120 Å². The van der Waals surface area contributed by atoms with Crippen molar-refractivity contribution in [3.8, 4) is 5.69 Å². The van der Waals surface area contributed by atoms with Gasteiger partial charge in [0.05, 0.1) is 0 Å². The monoisotopic (exact) mass is 286 g/mol. The molecule has 0 bridgehead atoms. The van der Waals surface area contributed by atoms with E-state index < -0.39 is 11.5 Å². The molecule has 0 atom stereocenters. The second kappa shape index (κ2) is 5.62. The maximum absolute atomic E-state index is 12.3. The van der Waals surface area contributed by atoms with E-state index >= 15 is 0 Å². The zero-order valence-electron chi connectivity index (χ0n) is 11.6. The molecule has 0 aliphatic rings. The van der Waals surface area contributed by atoms with Crippen LogP contribution >= 0.6 is 0 Å². The van der Waals surface area contributed by atoms with Crippen LogP contribution in [-0.2, 0) is 0 Å². The molecule has 1 aromatic carbocycles. The summed E-state index contributed by atoms with van der Waals surface area (Å²) in [5.41, 5.74) is 0.313. The van der Waals surface area contributed by atoms with Gasteiger partial charge in [-0.25, -0.2) is 4.79 Å². The number of benzene rings is 1. The normalized spacial score (nSPS) is 10.2. The van der Waals surface area contributed by atoms with Crippen LogP contribution in [0.5, 0.6) is 0 Å². The first-order chi connectivity index (χ1) is 9.95. The first-order valence-electron chi connectivity index (χ1n) is 6.23. The molecule has 1 amide bonds. The summed E-state index contributed by atoms with van der Waals surface area (Å²) in [6, 6.07) is 7.96. The van der Waals surface area contributed by atoms with Crippen LogP contribution in [0.1, 0.15) is 26.3 Å². The molecule has 0 radical (unpaired) electrons. The van der Waals surface area contributed by atoms with Gasteiger partial charge in [-0.3, -0.25) is 14.2 Å². The highest BCUT2D eigenvalue weighted by Gasteiger charge is 2.15. The molecule has 21 heavy (non-hydrogen) atoms. The Bertz CT molecular complexity index is 777. The molecule has 0 saturated heterocycles. The maximum atomic E-state index is 12.3. The number of aryl methyl sites for hydroxylation is 1. The van der Waals surface area contributed by atoms with Crippen molar-refractivity contribution in [3.05, 3.63) is 63.6 Å². The van der Waals surface area contributed by atoms with Crippen molar-refractivity contribution in [2.75, 3.05) is 7.05 Å². The third-order valence-electron chi connectivity index (χ3n) is 3.13. The van der Waals surface area contributed by atoms with Crippen LogP contribution in [0.2, 0.25) is 0 Å². The molecule has 0 saturated carbocycles. The fourth-order valence-corrected chi connectivity index (χ4v) is 2.03. The number of rotatable bonds is 3. The lowest BCUT2D eigenvalue weighted by molar-refractivity contribution is 0.0693. The number of carboxylic acid groups (broad SMARTS) is 1. The van der Waals surface area contributed by atoms with Gasteiger partial charge in [0, 0.05) is 24.5 Å². The van der Waals surface area contributed by atoms with Crippen LogP contribution < -0.4 is 10.9 Å². The molecule has 0 aliphatic heterocycles. The second-order valence-electron chi connectivity index (χ2n) is 4.48. The molecule has 1 heterocycles. The van der Waals surface area contributed by atoms with Crippen LogP contribution in [0.4, 0.5) is 0 Å². The second-order valence-corrected chi connectivity index (χ2v) is 4.48. The van der Waals surface area contributed by atoms with Gasteiger partial charge < -0.3 is 10.4 Å². The minimum absolute atomic E-state index is 0.275. The van der Waals surface area contributed by atoms with Gasteiger partial charge in [-0.15, -0.1) is 0 Å². The van der Waals surface area contributed by atoms with E-state index in [1.165, 1.54) is 23.9 Å². The minimum atomic E-state index is -1.27. The molecule has 0 unspecified atom stereocenters. The van der Waals surface area contributed by atoms with Crippen molar-refractivity contribution in [2.45, 2.75) is 6.92 Å². The molecular weight excluding hydrogens is 272 g/mol. The topological polar surface area (TPSA) is 88.4 Å². The van der Waals surface area contributed by atoms with Gasteiger partial charge in [0.25, 0.3) is 11.5 Å². The van der Waals surface area contributed by atoms with E-state index in [4.69, 9.17) is 5.11 Å². The highest BCUT2D eigenvalue weighted by atomic mass is 16.4. The number of carbonyl (C=O) groups excluding carboxylic acids is 1. The first kappa shape index (κ1) is 14.5. The summed E-state index contributed by atoms with van der Waals surface area (Å²) >= 11 is 0. The molecule has 2 rings (SSSR count). The van der Waals surface area contributed by atoms with Gasteiger partial charge in [-0.1, -0.05) is 6.07 Å². The van der Waals surface area contributed by atoms with Crippen molar-refractivity contribution in [1.29, 1.82) is 0 Å². The zero-order valence-corrected chi connectivity index (χ0v) is 11.6. The number of pyridine rings is 1. The Kier molecular flexibility index (Phi) is 3.89. The molecule has 2 N–H and O–H groups in total.